The van der Waals surface area contributed by atoms with Crippen LogP contribution in [-0.2, 0) is 4.74 Å². The average Bonchev–Trinajstić information content (AvgIpc) is 2.66. The third kappa shape index (κ3) is 10.9. The van der Waals surface area contributed by atoms with Crippen LogP contribution in [0.25, 0.3) is 0 Å². The van der Waals surface area contributed by atoms with E-state index in [2.05, 4.69) is 22.5 Å². The summed E-state index contributed by atoms with van der Waals surface area (Å²) in [4.78, 5) is 7.26. The normalized spacial score (nSPS) is 19.8. The highest BCUT2D eigenvalue weighted by Gasteiger charge is 2.12. The fourth-order valence-corrected chi connectivity index (χ4v) is 3.88. The summed E-state index contributed by atoms with van der Waals surface area (Å²) in [7, 11) is 0. The molecular weight excluding hydrogens is 439 g/mol. The van der Waals surface area contributed by atoms with Gasteiger partial charge in [-0.25, -0.2) is 0 Å². The number of rotatable bonds is 10. The Balaban J connectivity index is 0.00000338. The second kappa shape index (κ2) is 15.9. The van der Waals surface area contributed by atoms with Crippen molar-refractivity contribution in [2.45, 2.75) is 64.7 Å². The number of morpholine rings is 1. The third-order valence-corrected chi connectivity index (χ3v) is 5.41. The molecule has 0 amide bonds. The first-order valence-corrected chi connectivity index (χ1v) is 10.7. The molecule has 6 heteroatoms. The van der Waals surface area contributed by atoms with Gasteiger partial charge >= 0.3 is 0 Å². The van der Waals surface area contributed by atoms with Crippen molar-refractivity contribution in [3.8, 4) is 0 Å². The maximum absolute atomic E-state index is 5.39. The maximum Gasteiger partial charge on any atom is 0.191 e. The Kier molecular flexibility index (Phi) is 14.7. The zero-order chi connectivity index (χ0) is 17.6. The molecule has 0 radical (unpaired) electrons. The first kappa shape index (κ1) is 24.0. The number of guanidine groups is 1. The van der Waals surface area contributed by atoms with Gasteiger partial charge < -0.3 is 15.4 Å². The van der Waals surface area contributed by atoms with Gasteiger partial charge in [0, 0.05) is 32.7 Å². The van der Waals surface area contributed by atoms with E-state index in [1.807, 2.05) is 0 Å². The van der Waals surface area contributed by atoms with Crippen LogP contribution in [0.3, 0.4) is 0 Å². The molecule has 2 rings (SSSR count). The molecule has 0 aromatic rings. The van der Waals surface area contributed by atoms with Crippen molar-refractivity contribution in [2.75, 3.05) is 52.5 Å². The van der Waals surface area contributed by atoms with Crippen LogP contribution in [0.2, 0.25) is 0 Å². The van der Waals surface area contributed by atoms with Crippen molar-refractivity contribution >= 4 is 29.9 Å². The lowest BCUT2D eigenvalue weighted by Crippen LogP contribution is -2.39. The van der Waals surface area contributed by atoms with Gasteiger partial charge in [-0.2, -0.15) is 0 Å². The van der Waals surface area contributed by atoms with Gasteiger partial charge in [0.2, 0.25) is 0 Å². The molecule has 1 heterocycles. The maximum atomic E-state index is 5.39. The van der Waals surface area contributed by atoms with Gasteiger partial charge in [-0.3, -0.25) is 9.89 Å². The summed E-state index contributed by atoms with van der Waals surface area (Å²) in [6, 6.07) is 0. The molecule has 1 saturated carbocycles. The van der Waals surface area contributed by atoms with Crippen molar-refractivity contribution in [1.82, 2.24) is 15.5 Å². The SMILES string of the molecule is CCNC(=NCCCC1CCCCC1)NCCCCN1CCOCC1.I. The molecule has 26 heavy (non-hydrogen) atoms. The summed E-state index contributed by atoms with van der Waals surface area (Å²) in [5.41, 5.74) is 0. The van der Waals surface area contributed by atoms with E-state index in [9.17, 15) is 0 Å². The summed E-state index contributed by atoms with van der Waals surface area (Å²) >= 11 is 0. The quantitative estimate of drug-likeness (QED) is 0.217. The lowest BCUT2D eigenvalue weighted by Gasteiger charge is -2.26. The number of hydrogen-bond donors (Lipinski definition) is 2. The van der Waals surface area contributed by atoms with E-state index in [1.165, 1.54) is 64.3 Å². The van der Waals surface area contributed by atoms with Gasteiger partial charge in [-0.1, -0.05) is 32.1 Å². The number of nitrogens with zero attached hydrogens (tertiary/aromatic N) is 2. The van der Waals surface area contributed by atoms with Crippen molar-refractivity contribution in [2.24, 2.45) is 10.9 Å². The van der Waals surface area contributed by atoms with E-state index in [0.29, 0.717) is 0 Å². The van der Waals surface area contributed by atoms with Crippen molar-refractivity contribution < 1.29 is 4.74 Å². The van der Waals surface area contributed by atoms with Crippen LogP contribution in [0.15, 0.2) is 4.99 Å². The van der Waals surface area contributed by atoms with Crippen LogP contribution >= 0.6 is 24.0 Å². The van der Waals surface area contributed by atoms with Crippen LogP contribution in [0.5, 0.6) is 0 Å². The first-order chi connectivity index (χ1) is 12.4. The molecule has 0 bridgehead atoms. The summed E-state index contributed by atoms with van der Waals surface area (Å²) in [5.74, 6) is 1.97. The number of nitrogens with one attached hydrogen (secondary N) is 2. The predicted octanol–water partition coefficient (Wildman–Crippen LogP) is 3.63. The van der Waals surface area contributed by atoms with E-state index in [4.69, 9.17) is 9.73 Å². The standard InChI is InChI=1S/C20H40N4O.HI/c1-2-21-20(23-13-8-11-19-9-4-3-5-10-19)22-12-6-7-14-24-15-17-25-18-16-24;/h19H,2-18H2,1H3,(H2,21,22,23);1H. The van der Waals surface area contributed by atoms with E-state index >= 15 is 0 Å². The lowest BCUT2D eigenvalue weighted by molar-refractivity contribution is 0.0372. The van der Waals surface area contributed by atoms with Gasteiger partial charge in [0.1, 0.15) is 0 Å². The zero-order valence-electron chi connectivity index (χ0n) is 16.8. The van der Waals surface area contributed by atoms with Gasteiger partial charge in [-0.05, 0) is 45.1 Å². The molecule has 1 saturated heterocycles. The van der Waals surface area contributed by atoms with Crippen LogP contribution in [-0.4, -0.2) is 63.3 Å². The number of halogens is 1. The van der Waals surface area contributed by atoms with E-state index in [-0.39, 0.29) is 24.0 Å². The number of ether oxygens (including phenoxy) is 1. The fraction of sp³-hybridized carbons (Fsp3) is 0.950. The highest BCUT2D eigenvalue weighted by atomic mass is 127. The molecule has 0 aromatic carbocycles. The Morgan fingerprint density at radius 3 is 2.54 bits per heavy atom. The smallest absolute Gasteiger partial charge is 0.191 e. The third-order valence-electron chi connectivity index (χ3n) is 5.41. The van der Waals surface area contributed by atoms with E-state index in [0.717, 1.165) is 57.8 Å². The molecule has 1 aliphatic heterocycles. The Labute approximate surface area is 178 Å². The van der Waals surface area contributed by atoms with Crippen LogP contribution in [0.1, 0.15) is 64.7 Å². The van der Waals surface area contributed by atoms with Crippen molar-refractivity contribution in [3.05, 3.63) is 0 Å². The van der Waals surface area contributed by atoms with Gasteiger partial charge in [0.25, 0.3) is 0 Å². The Bertz CT molecular complexity index is 356. The Morgan fingerprint density at radius 1 is 1.04 bits per heavy atom. The van der Waals surface area contributed by atoms with Gasteiger partial charge in [0.15, 0.2) is 5.96 Å². The highest BCUT2D eigenvalue weighted by molar-refractivity contribution is 14.0. The number of unbranched alkanes of at least 4 members (excludes halogenated alkanes) is 1. The second-order valence-electron chi connectivity index (χ2n) is 7.49. The molecule has 2 fully saturated rings. The first-order valence-electron chi connectivity index (χ1n) is 10.7. The molecule has 0 aromatic heterocycles. The molecule has 0 spiro atoms. The largest absolute Gasteiger partial charge is 0.379 e. The summed E-state index contributed by atoms with van der Waals surface area (Å²) in [6.07, 6.45) is 12.3. The van der Waals surface area contributed by atoms with Crippen LogP contribution < -0.4 is 10.6 Å². The Morgan fingerprint density at radius 2 is 1.81 bits per heavy atom. The van der Waals surface area contributed by atoms with Crippen molar-refractivity contribution in [3.63, 3.8) is 0 Å². The molecule has 5 nitrogen and oxygen atoms in total. The van der Waals surface area contributed by atoms with Gasteiger partial charge in [-0.15, -0.1) is 24.0 Å². The fourth-order valence-electron chi connectivity index (χ4n) is 3.88. The average molecular weight is 480 g/mol. The van der Waals surface area contributed by atoms with Crippen molar-refractivity contribution in [1.29, 1.82) is 0 Å². The molecule has 0 unspecified atom stereocenters. The number of hydrogen-bond acceptors (Lipinski definition) is 3. The molecule has 0 atom stereocenters. The minimum atomic E-state index is 0. The highest BCUT2D eigenvalue weighted by Crippen LogP contribution is 2.27. The monoisotopic (exact) mass is 480 g/mol. The van der Waals surface area contributed by atoms with E-state index < -0.39 is 0 Å². The number of aliphatic imine (C=N–C) groups is 1. The predicted molar refractivity (Wildman–Crippen MR) is 122 cm³/mol. The molecule has 2 N–H and O–H groups in total. The summed E-state index contributed by atoms with van der Waals surface area (Å²) in [5, 5.41) is 6.87. The Hall–Kier alpha value is -0.0800. The van der Waals surface area contributed by atoms with Crippen LogP contribution in [0.4, 0.5) is 0 Å². The topological polar surface area (TPSA) is 48.9 Å². The second-order valence-corrected chi connectivity index (χ2v) is 7.49. The van der Waals surface area contributed by atoms with Crippen LogP contribution in [0, 0.1) is 5.92 Å². The molecule has 2 aliphatic rings. The van der Waals surface area contributed by atoms with Gasteiger partial charge in [0.05, 0.1) is 13.2 Å². The minimum Gasteiger partial charge on any atom is -0.379 e. The zero-order valence-corrected chi connectivity index (χ0v) is 19.1. The summed E-state index contributed by atoms with van der Waals surface area (Å²) < 4.78 is 5.39. The lowest BCUT2D eigenvalue weighted by atomic mass is 9.86. The molecular formula is C20H41IN4O. The summed E-state index contributed by atoms with van der Waals surface area (Å²) in [6.45, 7) is 10.2. The molecule has 1 aliphatic carbocycles. The van der Waals surface area contributed by atoms with E-state index in [1.54, 1.807) is 0 Å². The molecule has 154 valence electrons. The minimum absolute atomic E-state index is 0.